The van der Waals surface area contributed by atoms with Crippen LogP contribution in [-0.4, -0.2) is 24.7 Å². The second-order valence-electron chi connectivity index (χ2n) is 5.17. The van der Waals surface area contributed by atoms with Gasteiger partial charge < -0.3 is 15.8 Å². The van der Waals surface area contributed by atoms with Crippen molar-refractivity contribution in [2.45, 2.75) is 38.8 Å². The molecule has 0 fully saturated rings. The predicted molar refractivity (Wildman–Crippen MR) is 80.7 cm³/mol. The highest BCUT2D eigenvalue weighted by Crippen LogP contribution is 2.16. The quantitative estimate of drug-likeness (QED) is 0.818. The normalized spacial score (nSPS) is 12.4. The minimum atomic E-state index is -0.248. The fraction of sp³-hybridized carbons (Fsp3) is 0.500. The van der Waals surface area contributed by atoms with Crippen LogP contribution in [-0.2, 0) is 4.74 Å². The van der Waals surface area contributed by atoms with Gasteiger partial charge in [0, 0.05) is 24.4 Å². The molecule has 1 unspecified atom stereocenters. The molecule has 0 spiro atoms. The Kier molecular flexibility index (Phi) is 6.87. The van der Waals surface area contributed by atoms with Crippen molar-refractivity contribution in [2.75, 3.05) is 12.8 Å². The van der Waals surface area contributed by atoms with Gasteiger partial charge in [-0.3, -0.25) is 4.79 Å². The molecule has 3 N–H and O–H groups in total. The fourth-order valence-electron chi connectivity index (χ4n) is 1.86. The number of rotatable bonds is 5. The van der Waals surface area contributed by atoms with Crippen LogP contribution in [0.25, 0.3) is 0 Å². The highest BCUT2D eigenvalue weighted by molar-refractivity contribution is 5.95. The van der Waals surface area contributed by atoms with E-state index in [2.05, 4.69) is 5.32 Å². The average Bonchev–Trinajstić information content (AvgIpc) is 2.28. The number of halogens is 1. The van der Waals surface area contributed by atoms with Crippen molar-refractivity contribution in [3.05, 3.63) is 29.8 Å². The summed E-state index contributed by atoms with van der Waals surface area (Å²) >= 11 is 0. The maximum atomic E-state index is 12.0. The number of hydrogen-bond acceptors (Lipinski definition) is 3. The average molecular weight is 287 g/mol. The van der Waals surface area contributed by atoms with Crippen molar-refractivity contribution in [1.82, 2.24) is 5.32 Å². The van der Waals surface area contributed by atoms with Gasteiger partial charge in [0.25, 0.3) is 5.91 Å². The van der Waals surface area contributed by atoms with Gasteiger partial charge in [0.05, 0.1) is 5.60 Å². The number of ether oxygens (including phenoxy) is 1. The largest absolute Gasteiger partial charge is 0.399 e. The van der Waals surface area contributed by atoms with Crippen LogP contribution in [0.15, 0.2) is 24.3 Å². The molecule has 0 bridgehead atoms. The van der Waals surface area contributed by atoms with E-state index in [0.29, 0.717) is 11.3 Å². The van der Waals surface area contributed by atoms with Gasteiger partial charge in [-0.05, 0) is 45.4 Å². The minimum absolute atomic E-state index is 0. The number of hydrogen-bond donors (Lipinski definition) is 2. The molecule has 5 heteroatoms. The molecule has 1 rings (SSSR count). The number of anilines is 1. The Labute approximate surface area is 121 Å². The first-order valence-corrected chi connectivity index (χ1v) is 6.05. The van der Waals surface area contributed by atoms with E-state index < -0.39 is 0 Å². The van der Waals surface area contributed by atoms with Crippen molar-refractivity contribution >= 4 is 24.0 Å². The van der Waals surface area contributed by atoms with E-state index in [9.17, 15) is 4.79 Å². The summed E-state index contributed by atoms with van der Waals surface area (Å²) in [6, 6.07) is 6.99. The molecule has 1 atom stereocenters. The molecule has 1 amide bonds. The molecule has 4 nitrogen and oxygen atoms in total. The highest BCUT2D eigenvalue weighted by Gasteiger charge is 2.21. The number of carbonyl (C=O) groups excluding carboxylic acids is 1. The first-order chi connectivity index (χ1) is 8.34. The third kappa shape index (κ3) is 5.94. The van der Waals surface area contributed by atoms with Gasteiger partial charge in [-0.15, -0.1) is 12.4 Å². The summed E-state index contributed by atoms with van der Waals surface area (Å²) < 4.78 is 5.34. The van der Waals surface area contributed by atoms with Gasteiger partial charge >= 0.3 is 0 Å². The molecule has 108 valence electrons. The van der Waals surface area contributed by atoms with Gasteiger partial charge in [0.1, 0.15) is 0 Å². The molecular weight excluding hydrogens is 264 g/mol. The van der Waals surface area contributed by atoms with Gasteiger partial charge in [-0.1, -0.05) is 6.07 Å². The monoisotopic (exact) mass is 286 g/mol. The van der Waals surface area contributed by atoms with Crippen LogP contribution < -0.4 is 11.1 Å². The Balaban J connectivity index is 0.00000324. The van der Waals surface area contributed by atoms with Crippen LogP contribution in [0.3, 0.4) is 0 Å². The minimum Gasteiger partial charge on any atom is -0.399 e. The molecule has 0 aliphatic rings. The molecule has 19 heavy (non-hydrogen) atoms. The van der Waals surface area contributed by atoms with Crippen LogP contribution in [0.2, 0.25) is 0 Å². The zero-order valence-corrected chi connectivity index (χ0v) is 12.7. The second kappa shape index (κ2) is 7.36. The Morgan fingerprint density at radius 1 is 1.47 bits per heavy atom. The van der Waals surface area contributed by atoms with E-state index in [0.717, 1.165) is 6.42 Å². The molecule has 0 aliphatic heterocycles. The maximum Gasteiger partial charge on any atom is 0.251 e. The van der Waals surface area contributed by atoms with Gasteiger partial charge in [0.15, 0.2) is 0 Å². The van der Waals surface area contributed by atoms with E-state index in [1.165, 1.54) is 0 Å². The first kappa shape index (κ1) is 17.7. The second-order valence-corrected chi connectivity index (χ2v) is 5.17. The van der Waals surface area contributed by atoms with Crippen LogP contribution in [0.4, 0.5) is 5.69 Å². The van der Waals surface area contributed by atoms with Crippen LogP contribution in [0.1, 0.15) is 37.6 Å². The van der Waals surface area contributed by atoms with Gasteiger partial charge in [0.2, 0.25) is 0 Å². The lowest BCUT2D eigenvalue weighted by molar-refractivity contribution is 0.00885. The summed E-state index contributed by atoms with van der Waals surface area (Å²) in [6.45, 7) is 5.96. The molecule has 0 aromatic heterocycles. The number of methoxy groups -OCH3 is 1. The van der Waals surface area contributed by atoms with Gasteiger partial charge in [-0.25, -0.2) is 0 Å². The molecule has 1 aromatic carbocycles. The van der Waals surface area contributed by atoms with E-state index in [-0.39, 0.29) is 30.0 Å². The van der Waals surface area contributed by atoms with Crippen LogP contribution in [0.5, 0.6) is 0 Å². The zero-order chi connectivity index (χ0) is 13.8. The van der Waals surface area contributed by atoms with Crippen LogP contribution >= 0.6 is 12.4 Å². The Hall–Kier alpha value is -1.26. The fourth-order valence-corrected chi connectivity index (χ4v) is 1.86. The van der Waals surface area contributed by atoms with Crippen molar-refractivity contribution < 1.29 is 9.53 Å². The Bertz CT molecular complexity index is 422. The van der Waals surface area contributed by atoms with E-state index in [4.69, 9.17) is 10.5 Å². The maximum absolute atomic E-state index is 12.0. The predicted octanol–water partition coefficient (Wildman–Crippen LogP) is 2.62. The molecule has 0 aliphatic carbocycles. The Morgan fingerprint density at radius 2 is 2.11 bits per heavy atom. The molecular formula is C14H23ClN2O2. The molecule has 1 aromatic rings. The number of nitrogen functional groups attached to an aromatic ring is 1. The number of carbonyl (C=O) groups is 1. The number of benzene rings is 1. The smallest absolute Gasteiger partial charge is 0.251 e. The summed E-state index contributed by atoms with van der Waals surface area (Å²) in [7, 11) is 1.67. The zero-order valence-electron chi connectivity index (χ0n) is 11.9. The van der Waals surface area contributed by atoms with Crippen molar-refractivity contribution in [3.63, 3.8) is 0 Å². The van der Waals surface area contributed by atoms with Crippen molar-refractivity contribution in [1.29, 1.82) is 0 Å². The lowest BCUT2D eigenvalue weighted by Gasteiger charge is -2.27. The van der Waals surface area contributed by atoms with Crippen molar-refractivity contribution in [2.24, 2.45) is 0 Å². The summed E-state index contributed by atoms with van der Waals surface area (Å²) in [5, 5.41) is 2.94. The SMILES string of the molecule is COC(C)(C)CC(C)NC(=O)c1cccc(N)c1.Cl. The molecule has 0 saturated carbocycles. The Morgan fingerprint density at radius 3 is 2.63 bits per heavy atom. The highest BCUT2D eigenvalue weighted by atomic mass is 35.5. The summed E-state index contributed by atoms with van der Waals surface area (Å²) in [6.07, 6.45) is 0.748. The molecule has 0 radical (unpaired) electrons. The topological polar surface area (TPSA) is 64.3 Å². The molecule has 0 heterocycles. The van der Waals surface area contributed by atoms with Crippen LogP contribution in [0, 0.1) is 0 Å². The number of amides is 1. The number of nitrogens with one attached hydrogen (secondary N) is 1. The van der Waals surface area contributed by atoms with Crippen molar-refractivity contribution in [3.8, 4) is 0 Å². The third-order valence-electron chi connectivity index (χ3n) is 2.88. The van der Waals surface area contributed by atoms with E-state index >= 15 is 0 Å². The summed E-state index contributed by atoms with van der Waals surface area (Å²) in [5.74, 6) is -0.110. The number of nitrogens with two attached hydrogens (primary N) is 1. The summed E-state index contributed by atoms with van der Waals surface area (Å²) in [5.41, 5.74) is 6.57. The lowest BCUT2D eigenvalue weighted by Crippen LogP contribution is -2.38. The standard InChI is InChI=1S/C14H22N2O2.ClH/c1-10(9-14(2,3)18-4)16-13(17)11-6-5-7-12(15)8-11;/h5-8,10H,9,15H2,1-4H3,(H,16,17);1H. The summed E-state index contributed by atoms with van der Waals surface area (Å²) in [4.78, 5) is 12.0. The first-order valence-electron chi connectivity index (χ1n) is 6.05. The molecule has 0 saturated heterocycles. The van der Waals surface area contributed by atoms with E-state index in [1.54, 1.807) is 31.4 Å². The lowest BCUT2D eigenvalue weighted by atomic mass is 9.99. The third-order valence-corrected chi connectivity index (χ3v) is 2.88. The van der Waals surface area contributed by atoms with E-state index in [1.807, 2.05) is 20.8 Å². The van der Waals surface area contributed by atoms with Gasteiger partial charge in [-0.2, -0.15) is 0 Å².